The highest BCUT2D eigenvalue weighted by molar-refractivity contribution is 9.10. The van der Waals surface area contributed by atoms with Crippen molar-refractivity contribution in [3.63, 3.8) is 0 Å². The molecule has 1 aliphatic heterocycles. The topological polar surface area (TPSA) is 53.8 Å². The summed E-state index contributed by atoms with van der Waals surface area (Å²) in [5.74, 6) is -0.0394. The van der Waals surface area contributed by atoms with Gasteiger partial charge in [-0.05, 0) is 81.9 Å². The normalized spacial score (nSPS) is 16.0. The molecule has 1 aromatic heterocycles. The summed E-state index contributed by atoms with van der Waals surface area (Å²) in [4.78, 5) is 30.8. The lowest BCUT2D eigenvalue weighted by molar-refractivity contribution is 0.0722. The van der Waals surface area contributed by atoms with Crippen molar-refractivity contribution in [3.8, 4) is 0 Å². The molecule has 1 amide bonds. The molecule has 1 aliphatic rings. The van der Waals surface area contributed by atoms with Crippen molar-refractivity contribution in [1.82, 2.24) is 9.80 Å². The van der Waals surface area contributed by atoms with Gasteiger partial charge in [-0.2, -0.15) is 0 Å². The van der Waals surface area contributed by atoms with Gasteiger partial charge in [0.05, 0.1) is 17.0 Å². The number of fused-ring (bicyclic) bond motifs is 2. The molecule has 0 N–H and O–H groups in total. The minimum absolute atomic E-state index is 0.120. The standard InChI is InChI=1S/C24H25BrN2O3/c1-14-12-18-19(13-15(14)2)30-23-20(22(18)28)21(16-6-8-17(25)9-7-16)27(24(23)29)11-5-10-26(3)4/h6-9,12-13,21H,5,10-11H2,1-4H3. The van der Waals surface area contributed by atoms with E-state index in [9.17, 15) is 9.59 Å². The Labute approximate surface area is 184 Å². The van der Waals surface area contributed by atoms with Gasteiger partial charge in [-0.1, -0.05) is 28.1 Å². The Balaban J connectivity index is 1.90. The molecule has 156 valence electrons. The van der Waals surface area contributed by atoms with Gasteiger partial charge in [-0.15, -0.1) is 0 Å². The van der Waals surface area contributed by atoms with Crippen LogP contribution < -0.4 is 5.43 Å². The summed E-state index contributed by atoms with van der Waals surface area (Å²) < 4.78 is 7.01. The lowest BCUT2D eigenvalue weighted by atomic mass is 9.97. The summed E-state index contributed by atoms with van der Waals surface area (Å²) in [6, 6.07) is 11.1. The number of halogens is 1. The fourth-order valence-corrected chi connectivity index (χ4v) is 4.32. The first-order chi connectivity index (χ1) is 14.3. The fraction of sp³-hybridized carbons (Fsp3) is 0.333. The van der Waals surface area contributed by atoms with Gasteiger partial charge in [-0.3, -0.25) is 9.59 Å². The molecule has 2 heterocycles. The fourth-order valence-electron chi connectivity index (χ4n) is 4.06. The third-order valence-corrected chi connectivity index (χ3v) is 6.30. The molecule has 0 saturated heterocycles. The predicted octanol–water partition coefficient (Wildman–Crippen LogP) is 4.67. The quantitative estimate of drug-likeness (QED) is 0.545. The van der Waals surface area contributed by atoms with Crippen LogP contribution in [0.3, 0.4) is 0 Å². The second kappa shape index (κ2) is 8.00. The summed E-state index contributed by atoms with van der Waals surface area (Å²) in [5, 5.41) is 0.530. The van der Waals surface area contributed by atoms with Crippen molar-refractivity contribution in [3.05, 3.63) is 79.1 Å². The van der Waals surface area contributed by atoms with E-state index in [4.69, 9.17) is 4.42 Å². The number of carbonyl (C=O) groups is 1. The van der Waals surface area contributed by atoms with Gasteiger partial charge in [-0.25, -0.2) is 0 Å². The van der Waals surface area contributed by atoms with E-state index in [0.717, 1.165) is 34.1 Å². The van der Waals surface area contributed by atoms with E-state index in [0.29, 0.717) is 23.1 Å². The van der Waals surface area contributed by atoms with Crippen LogP contribution in [0.25, 0.3) is 11.0 Å². The molecule has 0 radical (unpaired) electrons. The number of carbonyl (C=O) groups excluding carboxylic acids is 1. The predicted molar refractivity (Wildman–Crippen MR) is 122 cm³/mol. The number of hydrogen-bond donors (Lipinski definition) is 0. The summed E-state index contributed by atoms with van der Waals surface area (Å²) in [5.41, 5.74) is 3.77. The zero-order valence-electron chi connectivity index (χ0n) is 17.7. The highest BCUT2D eigenvalue weighted by Gasteiger charge is 2.42. The van der Waals surface area contributed by atoms with Crippen molar-refractivity contribution >= 4 is 32.8 Å². The number of benzene rings is 2. The number of rotatable bonds is 5. The average molecular weight is 469 g/mol. The second-order valence-corrected chi connectivity index (χ2v) is 9.13. The van der Waals surface area contributed by atoms with Crippen LogP contribution in [-0.2, 0) is 0 Å². The average Bonchev–Trinajstić information content (AvgIpc) is 2.97. The highest BCUT2D eigenvalue weighted by Crippen LogP contribution is 2.38. The lowest BCUT2D eigenvalue weighted by Crippen LogP contribution is -2.32. The molecule has 3 aromatic rings. The van der Waals surface area contributed by atoms with E-state index in [1.165, 1.54) is 0 Å². The van der Waals surface area contributed by atoms with Crippen molar-refractivity contribution < 1.29 is 9.21 Å². The van der Waals surface area contributed by atoms with E-state index < -0.39 is 6.04 Å². The summed E-state index contributed by atoms with van der Waals surface area (Å²) in [6.45, 7) is 5.36. The Morgan fingerprint density at radius 1 is 1.07 bits per heavy atom. The van der Waals surface area contributed by atoms with Crippen LogP contribution in [-0.4, -0.2) is 42.9 Å². The van der Waals surface area contributed by atoms with Gasteiger partial charge in [0.25, 0.3) is 5.91 Å². The number of hydrogen-bond acceptors (Lipinski definition) is 4. The van der Waals surface area contributed by atoms with Crippen LogP contribution in [0.2, 0.25) is 0 Å². The molecule has 0 fully saturated rings. The maximum Gasteiger partial charge on any atom is 0.290 e. The van der Waals surface area contributed by atoms with E-state index in [1.807, 2.05) is 64.3 Å². The third kappa shape index (κ3) is 3.59. The van der Waals surface area contributed by atoms with Crippen molar-refractivity contribution in [1.29, 1.82) is 0 Å². The molecule has 2 aromatic carbocycles. The first-order valence-corrected chi connectivity index (χ1v) is 10.9. The largest absolute Gasteiger partial charge is 0.450 e. The molecule has 5 nitrogen and oxygen atoms in total. The van der Waals surface area contributed by atoms with Crippen molar-refractivity contribution in [2.24, 2.45) is 0 Å². The van der Waals surface area contributed by atoms with Crippen LogP contribution in [0.15, 0.2) is 50.1 Å². The van der Waals surface area contributed by atoms with Crippen molar-refractivity contribution in [2.75, 3.05) is 27.2 Å². The molecule has 1 unspecified atom stereocenters. The maximum atomic E-state index is 13.6. The molecular weight excluding hydrogens is 444 g/mol. The first kappa shape index (κ1) is 20.8. The SMILES string of the molecule is Cc1cc2oc3c(c(=O)c2cc1C)C(c1ccc(Br)cc1)N(CCCN(C)C)C3=O. The van der Waals surface area contributed by atoms with Gasteiger partial charge in [0.1, 0.15) is 5.58 Å². The Kier molecular flexibility index (Phi) is 5.55. The minimum Gasteiger partial charge on any atom is -0.450 e. The first-order valence-electron chi connectivity index (χ1n) is 10.1. The molecule has 0 spiro atoms. The molecule has 0 saturated carbocycles. The Hall–Kier alpha value is -2.44. The van der Waals surface area contributed by atoms with Gasteiger partial charge in [0.2, 0.25) is 5.76 Å². The molecule has 1 atom stereocenters. The van der Waals surface area contributed by atoms with Crippen LogP contribution in [0.5, 0.6) is 0 Å². The Bertz CT molecular complexity index is 1180. The van der Waals surface area contributed by atoms with E-state index in [1.54, 1.807) is 4.90 Å². The van der Waals surface area contributed by atoms with Gasteiger partial charge >= 0.3 is 0 Å². The smallest absolute Gasteiger partial charge is 0.290 e. The summed E-state index contributed by atoms with van der Waals surface area (Å²) in [6.07, 6.45) is 0.811. The van der Waals surface area contributed by atoms with Crippen LogP contribution in [0.1, 0.15) is 45.3 Å². The van der Waals surface area contributed by atoms with E-state index in [-0.39, 0.29) is 17.1 Å². The zero-order valence-corrected chi connectivity index (χ0v) is 19.2. The lowest BCUT2D eigenvalue weighted by Gasteiger charge is -2.25. The van der Waals surface area contributed by atoms with Gasteiger partial charge in [0.15, 0.2) is 5.43 Å². The molecule has 4 rings (SSSR count). The minimum atomic E-state index is -0.440. The zero-order chi connectivity index (χ0) is 21.6. The maximum absolute atomic E-state index is 13.6. The Morgan fingerprint density at radius 2 is 1.73 bits per heavy atom. The Morgan fingerprint density at radius 3 is 2.40 bits per heavy atom. The summed E-state index contributed by atoms with van der Waals surface area (Å²) in [7, 11) is 4.02. The van der Waals surface area contributed by atoms with Crippen LogP contribution >= 0.6 is 15.9 Å². The highest BCUT2D eigenvalue weighted by atomic mass is 79.9. The molecule has 0 aliphatic carbocycles. The van der Waals surface area contributed by atoms with Crippen LogP contribution in [0, 0.1) is 13.8 Å². The molecule has 6 heteroatoms. The second-order valence-electron chi connectivity index (χ2n) is 8.22. The van der Waals surface area contributed by atoms with E-state index in [2.05, 4.69) is 20.8 Å². The number of nitrogens with zero attached hydrogens (tertiary/aromatic N) is 2. The van der Waals surface area contributed by atoms with Gasteiger partial charge in [0, 0.05) is 11.0 Å². The number of aryl methyl sites for hydroxylation is 2. The van der Waals surface area contributed by atoms with Crippen molar-refractivity contribution in [2.45, 2.75) is 26.3 Å². The molecule has 30 heavy (non-hydrogen) atoms. The van der Waals surface area contributed by atoms with Gasteiger partial charge < -0.3 is 14.2 Å². The van der Waals surface area contributed by atoms with E-state index >= 15 is 0 Å². The monoisotopic (exact) mass is 468 g/mol. The van der Waals surface area contributed by atoms with Crippen LogP contribution in [0.4, 0.5) is 0 Å². The summed E-state index contributed by atoms with van der Waals surface area (Å²) >= 11 is 3.47. The molecule has 0 bridgehead atoms. The third-order valence-electron chi connectivity index (χ3n) is 5.77. The molecular formula is C24H25BrN2O3. The number of amides is 1.